The number of benzene rings is 4. The Morgan fingerprint density at radius 3 is 1.26 bits per heavy atom. The van der Waals surface area contributed by atoms with E-state index in [1.54, 1.807) is 7.11 Å². The lowest BCUT2D eigenvalue weighted by Gasteiger charge is -2.14. The predicted molar refractivity (Wildman–Crippen MR) is 204 cm³/mol. The van der Waals surface area contributed by atoms with E-state index in [1.165, 1.54) is 7.05 Å². The minimum Gasteiger partial charge on any atom is -0.457 e. The summed E-state index contributed by atoms with van der Waals surface area (Å²) in [6, 6.07) is 32.7. The Kier molecular flexibility index (Phi) is 34.0. The fraction of sp³-hybridized carbons (Fsp3) is 0.351. The molecule has 3 N–H and O–H groups in total. The molecule has 0 aromatic heterocycles. The van der Waals surface area contributed by atoms with Gasteiger partial charge in [-0.1, -0.05) is 148 Å². The average Bonchev–Trinajstić information content (AvgIpc) is 3.17. The van der Waals surface area contributed by atoms with Gasteiger partial charge in [0.2, 0.25) is 0 Å². The maximum Gasteiger partial charge on any atom is 0.376 e. The summed E-state index contributed by atoms with van der Waals surface area (Å²) in [5.41, 5.74) is 9.18. The highest BCUT2D eigenvalue weighted by molar-refractivity contribution is 7.21. The number of rotatable bonds is 10. The number of aliphatic hydroxyl groups excluding tert-OH is 1. The van der Waals surface area contributed by atoms with Crippen LogP contribution in [-0.4, -0.2) is 33.1 Å². The largest absolute Gasteiger partial charge is 0.457 e. The summed E-state index contributed by atoms with van der Waals surface area (Å²) >= 11 is 0. The quantitative estimate of drug-likeness (QED) is 0.135. The van der Waals surface area contributed by atoms with Crippen LogP contribution in [0.15, 0.2) is 103 Å². The van der Waals surface area contributed by atoms with Crippen LogP contribution in [0.2, 0.25) is 0 Å². The standard InChI is InChI=1S/C26H23B2O5P.5C2H6.CH5N/c1-31-27(22-9-7-20(19-29)8-10-22)23-11-15-25(16-12-23)32-26-17-13-24(14-18-26)28(33-34-30)21-5-3-2-4-6-21;6*1-2/h2-18,29H,19H2,1H3;5*1-2H3;2H2,1H3. The molecule has 9 heteroatoms. The number of ether oxygens (including phenoxy) is 1. The Balaban J connectivity index is -0.00000138. The van der Waals surface area contributed by atoms with Crippen molar-refractivity contribution in [3.63, 3.8) is 0 Å². The summed E-state index contributed by atoms with van der Waals surface area (Å²) in [6.45, 7) is 19.4. The molecule has 0 fully saturated rings. The van der Waals surface area contributed by atoms with Crippen molar-refractivity contribution in [2.24, 2.45) is 5.73 Å². The highest BCUT2D eigenvalue weighted by atomic mass is 31.1. The third kappa shape index (κ3) is 16.9. The molecule has 252 valence electrons. The lowest BCUT2D eigenvalue weighted by molar-refractivity contribution is 0.282. The van der Waals surface area contributed by atoms with Crippen molar-refractivity contribution in [3.05, 3.63) is 109 Å². The topological polar surface area (TPSA) is 91.0 Å². The van der Waals surface area contributed by atoms with E-state index >= 15 is 0 Å². The van der Waals surface area contributed by atoms with Gasteiger partial charge in [0, 0.05) is 7.11 Å². The lowest BCUT2D eigenvalue weighted by Crippen LogP contribution is -2.44. The van der Waals surface area contributed by atoms with Gasteiger partial charge in [0.15, 0.2) is 0 Å². The van der Waals surface area contributed by atoms with Crippen LogP contribution in [0.3, 0.4) is 0 Å². The Bertz CT molecular complexity index is 1200. The molecular formula is C37H58B2NO5P. The average molecular weight is 649 g/mol. The molecule has 46 heavy (non-hydrogen) atoms. The summed E-state index contributed by atoms with van der Waals surface area (Å²) in [4.78, 5) is 0. The van der Waals surface area contributed by atoms with E-state index < -0.39 is 6.92 Å². The molecule has 0 atom stereocenters. The fourth-order valence-corrected chi connectivity index (χ4v) is 4.13. The molecular weight excluding hydrogens is 591 g/mol. The van der Waals surface area contributed by atoms with E-state index in [9.17, 15) is 9.67 Å². The monoisotopic (exact) mass is 649 g/mol. The van der Waals surface area contributed by atoms with Crippen molar-refractivity contribution >= 4 is 44.4 Å². The molecule has 4 aromatic rings. The molecule has 0 heterocycles. The van der Waals surface area contributed by atoms with Crippen LogP contribution in [0.5, 0.6) is 11.5 Å². The van der Waals surface area contributed by atoms with Crippen molar-refractivity contribution in [2.45, 2.75) is 75.8 Å². The Morgan fingerprint density at radius 1 is 0.565 bits per heavy atom. The second kappa shape index (κ2) is 33.1. The van der Waals surface area contributed by atoms with Gasteiger partial charge >= 0.3 is 22.5 Å². The van der Waals surface area contributed by atoms with Gasteiger partial charge in [0.25, 0.3) is 0 Å². The van der Waals surface area contributed by atoms with Crippen LogP contribution in [0.25, 0.3) is 0 Å². The van der Waals surface area contributed by atoms with Gasteiger partial charge in [-0.3, -0.25) is 0 Å². The molecule has 6 nitrogen and oxygen atoms in total. The van der Waals surface area contributed by atoms with Crippen LogP contribution >= 0.6 is 8.69 Å². The summed E-state index contributed by atoms with van der Waals surface area (Å²) in [5.74, 6) is 1.39. The molecule has 0 aliphatic rings. The number of hydrogen-bond acceptors (Lipinski definition) is 6. The van der Waals surface area contributed by atoms with Crippen molar-refractivity contribution in [2.75, 3.05) is 14.2 Å². The van der Waals surface area contributed by atoms with E-state index in [1.807, 2.05) is 172 Å². The third-order valence-corrected chi connectivity index (χ3v) is 5.85. The summed E-state index contributed by atoms with van der Waals surface area (Å²) in [5, 5.41) is 9.25. The second-order valence-electron chi connectivity index (χ2n) is 7.73. The molecule has 0 aliphatic carbocycles. The minimum atomic E-state index is -0.425. The predicted octanol–water partition coefficient (Wildman–Crippen LogP) is 7.76. The molecule has 0 radical (unpaired) electrons. The maximum atomic E-state index is 11.1. The van der Waals surface area contributed by atoms with E-state index in [-0.39, 0.29) is 22.2 Å². The fourth-order valence-electron chi connectivity index (χ4n) is 3.80. The van der Waals surface area contributed by atoms with E-state index in [4.69, 9.17) is 13.8 Å². The Hall–Kier alpha value is -3.25. The van der Waals surface area contributed by atoms with E-state index in [0.717, 1.165) is 27.4 Å². The summed E-state index contributed by atoms with van der Waals surface area (Å²) < 4.78 is 28.3. The first-order valence-corrected chi connectivity index (χ1v) is 17.2. The highest BCUT2D eigenvalue weighted by Gasteiger charge is 2.22. The summed E-state index contributed by atoms with van der Waals surface area (Å²) in [6.07, 6.45) is 0. The van der Waals surface area contributed by atoms with Gasteiger partial charge in [0.1, 0.15) is 11.5 Å². The van der Waals surface area contributed by atoms with Crippen molar-refractivity contribution < 1.29 is 23.5 Å². The molecule has 0 spiro atoms. The second-order valence-corrected chi connectivity index (χ2v) is 8.09. The van der Waals surface area contributed by atoms with Crippen LogP contribution in [0, 0.1) is 0 Å². The van der Waals surface area contributed by atoms with E-state index in [2.05, 4.69) is 5.73 Å². The van der Waals surface area contributed by atoms with Gasteiger partial charge in [-0.2, -0.15) is 0 Å². The SMILES string of the molecule is CC.CC.CC.CC.CC.CN.COB(c1ccc(CO)cc1)c1ccc(Oc2ccc(B(OP=O)c3ccccc3)cc2)cc1. The molecule has 0 saturated heterocycles. The van der Waals surface area contributed by atoms with Gasteiger partial charge < -0.3 is 24.7 Å². The highest BCUT2D eigenvalue weighted by Crippen LogP contribution is 2.20. The first-order valence-electron chi connectivity index (χ1n) is 16.4. The van der Waals surface area contributed by atoms with Gasteiger partial charge in [-0.05, 0) is 58.7 Å². The van der Waals surface area contributed by atoms with Crippen LogP contribution in [0.4, 0.5) is 0 Å². The van der Waals surface area contributed by atoms with Crippen LogP contribution < -0.4 is 32.3 Å². The van der Waals surface area contributed by atoms with Crippen molar-refractivity contribution in [1.29, 1.82) is 0 Å². The molecule has 0 amide bonds. The molecule has 0 aliphatic heterocycles. The smallest absolute Gasteiger partial charge is 0.376 e. The number of hydrogen-bond donors (Lipinski definition) is 2. The van der Waals surface area contributed by atoms with Crippen LogP contribution in [0.1, 0.15) is 74.8 Å². The van der Waals surface area contributed by atoms with Gasteiger partial charge in [-0.25, -0.2) is 4.57 Å². The van der Waals surface area contributed by atoms with Crippen LogP contribution in [-0.2, 0) is 20.3 Å². The zero-order valence-electron chi connectivity index (χ0n) is 30.3. The van der Waals surface area contributed by atoms with Gasteiger partial charge in [0.05, 0.1) is 6.61 Å². The van der Waals surface area contributed by atoms with Crippen molar-refractivity contribution in [3.8, 4) is 11.5 Å². The molecule has 0 saturated carbocycles. The molecule has 4 aromatic carbocycles. The molecule has 0 unspecified atom stereocenters. The normalized spacial score (nSPS) is 8.74. The minimum absolute atomic E-state index is 0.0170. The van der Waals surface area contributed by atoms with Crippen molar-refractivity contribution in [1.82, 2.24) is 0 Å². The molecule has 4 rings (SSSR count). The summed E-state index contributed by atoms with van der Waals surface area (Å²) in [7, 11) is 2.80. The number of aliphatic hydroxyl groups is 1. The zero-order chi connectivity index (χ0) is 35.8. The first-order chi connectivity index (χ1) is 22.7. The zero-order valence-corrected chi connectivity index (χ0v) is 31.2. The van der Waals surface area contributed by atoms with Gasteiger partial charge in [-0.15, -0.1) is 0 Å². The Labute approximate surface area is 283 Å². The maximum absolute atomic E-state index is 11.1. The number of nitrogens with two attached hydrogens (primary N) is 1. The Morgan fingerprint density at radius 2 is 0.913 bits per heavy atom. The third-order valence-electron chi connectivity index (χ3n) is 5.55. The molecule has 0 bridgehead atoms. The van der Waals surface area contributed by atoms with E-state index in [0.29, 0.717) is 11.5 Å². The lowest BCUT2D eigenvalue weighted by atomic mass is 9.55. The first kappa shape index (κ1) is 47.2.